The Hall–Kier alpha value is -0.900. The molecule has 4 nitrogen and oxygen atoms in total. The average Bonchev–Trinajstić information content (AvgIpc) is 3.06. The Bertz CT molecular complexity index is 387. The average molecular weight is 248 g/mol. The summed E-state index contributed by atoms with van der Waals surface area (Å²) in [6, 6.07) is 0. The van der Waals surface area contributed by atoms with Crippen molar-refractivity contribution in [3.8, 4) is 0 Å². The summed E-state index contributed by atoms with van der Waals surface area (Å²) in [6.07, 6.45) is 9.12. The largest absolute Gasteiger partial charge is 0.311 e. The minimum Gasteiger partial charge on any atom is -0.311 e. The first kappa shape index (κ1) is 12.2. The van der Waals surface area contributed by atoms with Gasteiger partial charge in [-0.3, -0.25) is 4.68 Å². The number of hydrogen-bond acceptors (Lipinski definition) is 3. The van der Waals surface area contributed by atoms with E-state index in [0.29, 0.717) is 0 Å². The van der Waals surface area contributed by atoms with Crippen molar-refractivity contribution in [3.05, 3.63) is 11.9 Å². The SMILES string of the molecule is CCCNCc1cn(CC2CC3CCC2C3)nn1. The van der Waals surface area contributed by atoms with Crippen LogP contribution in [0.15, 0.2) is 6.20 Å². The summed E-state index contributed by atoms with van der Waals surface area (Å²) in [6.45, 7) is 5.17. The smallest absolute Gasteiger partial charge is 0.0964 e. The Morgan fingerprint density at radius 2 is 2.33 bits per heavy atom. The minimum absolute atomic E-state index is 0.852. The lowest BCUT2D eigenvalue weighted by molar-refractivity contribution is 0.283. The molecule has 3 rings (SSSR count). The second-order valence-corrected chi connectivity index (χ2v) is 6.04. The first-order valence-electron chi connectivity index (χ1n) is 7.45. The van der Waals surface area contributed by atoms with Crippen LogP contribution in [-0.2, 0) is 13.1 Å². The highest BCUT2D eigenvalue weighted by Crippen LogP contribution is 2.48. The third-order valence-electron chi connectivity index (χ3n) is 4.63. The lowest BCUT2D eigenvalue weighted by atomic mass is 9.89. The van der Waals surface area contributed by atoms with Gasteiger partial charge in [0.15, 0.2) is 0 Å². The van der Waals surface area contributed by atoms with Gasteiger partial charge in [0.2, 0.25) is 0 Å². The number of fused-ring (bicyclic) bond motifs is 2. The molecule has 0 aromatic carbocycles. The zero-order valence-corrected chi connectivity index (χ0v) is 11.3. The standard InChI is InChI=1S/C14H24N4/c1-2-5-15-8-14-10-18(17-16-14)9-13-7-11-3-4-12(13)6-11/h10-13,15H,2-9H2,1H3. The maximum absolute atomic E-state index is 4.27. The lowest BCUT2D eigenvalue weighted by Crippen LogP contribution is -2.17. The number of aromatic nitrogens is 3. The molecule has 2 aliphatic carbocycles. The topological polar surface area (TPSA) is 42.7 Å². The summed E-state index contributed by atoms with van der Waals surface area (Å²) in [7, 11) is 0. The molecule has 2 bridgehead atoms. The fraction of sp³-hybridized carbons (Fsp3) is 0.857. The van der Waals surface area contributed by atoms with E-state index in [9.17, 15) is 0 Å². The maximum Gasteiger partial charge on any atom is 0.0964 e. The van der Waals surface area contributed by atoms with E-state index in [1.54, 1.807) is 0 Å². The molecule has 2 fully saturated rings. The van der Waals surface area contributed by atoms with E-state index in [-0.39, 0.29) is 0 Å². The van der Waals surface area contributed by atoms with Crippen LogP contribution in [0, 0.1) is 17.8 Å². The molecule has 0 saturated heterocycles. The van der Waals surface area contributed by atoms with Crippen LogP contribution in [0.25, 0.3) is 0 Å². The Balaban J connectivity index is 1.51. The second-order valence-electron chi connectivity index (χ2n) is 6.04. The van der Waals surface area contributed by atoms with Crippen LogP contribution >= 0.6 is 0 Å². The molecule has 1 N–H and O–H groups in total. The number of hydrogen-bond donors (Lipinski definition) is 1. The Kier molecular flexibility index (Phi) is 3.64. The molecule has 4 heteroatoms. The van der Waals surface area contributed by atoms with E-state index in [4.69, 9.17) is 0 Å². The fourth-order valence-corrected chi connectivity index (χ4v) is 3.74. The van der Waals surface area contributed by atoms with E-state index in [2.05, 4.69) is 33.4 Å². The van der Waals surface area contributed by atoms with Gasteiger partial charge in [-0.2, -0.15) is 0 Å². The predicted molar refractivity (Wildman–Crippen MR) is 71.0 cm³/mol. The highest BCUT2D eigenvalue weighted by Gasteiger charge is 2.39. The Labute approximate surface area is 109 Å². The van der Waals surface area contributed by atoms with Gasteiger partial charge in [0, 0.05) is 19.3 Å². The first-order valence-corrected chi connectivity index (χ1v) is 7.45. The van der Waals surface area contributed by atoms with E-state index < -0.39 is 0 Å². The van der Waals surface area contributed by atoms with E-state index in [1.165, 1.54) is 32.1 Å². The van der Waals surface area contributed by atoms with Crippen LogP contribution < -0.4 is 5.32 Å². The molecule has 1 heterocycles. The van der Waals surface area contributed by atoms with Crippen molar-refractivity contribution in [3.63, 3.8) is 0 Å². The van der Waals surface area contributed by atoms with Crippen molar-refractivity contribution in [2.45, 2.75) is 52.1 Å². The van der Waals surface area contributed by atoms with Gasteiger partial charge in [-0.15, -0.1) is 5.10 Å². The zero-order valence-electron chi connectivity index (χ0n) is 11.3. The lowest BCUT2D eigenvalue weighted by Gasteiger charge is -2.20. The van der Waals surface area contributed by atoms with Crippen molar-refractivity contribution in [2.75, 3.05) is 6.54 Å². The van der Waals surface area contributed by atoms with Gasteiger partial charge >= 0.3 is 0 Å². The summed E-state index contributed by atoms with van der Waals surface area (Å²) in [5.74, 6) is 2.86. The van der Waals surface area contributed by atoms with Gasteiger partial charge in [-0.05, 0) is 50.0 Å². The van der Waals surface area contributed by atoms with Crippen molar-refractivity contribution in [2.24, 2.45) is 17.8 Å². The van der Waals surface area contributed by atoms with Crippen molar-refractivity contribution >= 4 is 0 Å². The summed E-state index contributed by atoms with van der Waals surface area (Å²) in [4.78, 5) is 0. The maximum atomic E-state index is 4.27. The number of nitrogens with one attached hydrogen (secondary N) is 1. The molecular formula is C14H24N4. The predicted octanol–water partition coefficient (Wildman–Crippen LogP) is 2.21. The monoisotopic (exact) mass is 248 g/mol. The van der Waals surface area contributed by atoms with E-state index in [1.807, 2.05) is 0 Å². The molecule has 3 unspecified atom stereocenters. The van der Waals surface area contributed by atoms with Gasteiger partial charge in [0.05, 0.1) is 5.69 Å². The third kappa shape index (κ3) is 2.58. The molecule has 1 aromatic heterocycles. The quantitative estimate of drug-likeness (QED) is 0.785. The van der Waals surface area contributed by atoms with Gasteiger partial charge in [0.25, 0.3) is 0 Å². The summed E-state index contributed by atoms with van der Waals surface area (Å²) in [5.41, 5.74) is 1.08. The molecule has 100 valence electrons. The van der Waals surface area contributed by atoms with Crippen molar-refractivity contribution in [1.82, 2.24) is 20.3 Å². The third-order valence-corrected chi connectivity index (χ3v) is 4.63. The van der Waals surface area contributed by atoms with Gasteiger partial charge in [-0.25, -0.2) is 0 Å². The fourth-order valence-electron chi connectivity index (χ4n) is 3.74. The molecule has 1 aromatic rings. The Morgan fingerprint density at radius 3 is 3.06 bits per heavy atom. The highest BCUT2D eigenvalue weighted by atomic mass is 15.4. The molecule has 0 aliphatic heterocycles. The number of nitrogens with zero attached hydrogens (tertiary/aromatic N) is 3. The van der Waals surface area contributed by atoms with Crippen LogP contribution in [0.2, 0.25) is 0 Å². The second kappa shape index (κ2) is 5.39. The normalized spacial score (nSPS) is 30.2. The molecular weight excluding hydrogens is 224 g/mol. The van der Waals surface area contributed by atoms with Gasteiger partial charge in [0.1, 0.15) is 0 Å². The van der Waals surface area contributed by atoms with E-state index >= 15 is 0 Å². The molecule has 0 spiro atoms. The van der Waals surface area contributed by atoms with Crippen LogP contribution in [0.4, 0.5) is 0 Å². The van der Waals surface area contributed by atoms with Crippen molar-refractivity contribution in [1.29, 1.82) is 0 Å². The van der Waals surface area contributed by atoms with Crippen molar-refractivity contribution < 1.29 is 0 Å². The van der Waals surface area contributed by atoms with Crippen LogP contribution in [0.3, 0.4) is 0 Å². The highest BCUT2D eigenvalue weighted by molar-refractivity contribution is 4.94. The zero-order chi connectivity index (χ0) is 12.4. The van der Waals surface area contributed by atoms with Crippen LogP contribution in [0.1, 0.15) is 44.7 Å². The molecule has 0 amide bonds. The number of rotatable bonds is 6. The van der Waals surface area contributed by atoms with E-state index in [0.717, 1.165) is 43.1 Å². The summed E-state index contributed by atoms with van der Waals surface area (Å²) >= 11 is 0. The molecule has 3 atom stereocenters. The molecule has 2 aliphatic rings. The summed E-state index contributed by atoms with van der Waals surface area (Å²) in [5, 5.41) is 11.9. The van der Waals surface area contributed by atoms with Crippen LogP contribution in [0.5, 0.6) is 0 Å². The Morgan fingerprint density at radius 1 is 1.39 bits per heavy atom. The first-order chi connectivity index (χ1) is 8.85. The van der Waals surface area contributed by atoms with Crippen LogP contribution in [-0.4, -0.2) is 21.5 Å². The van der Waals surface area contributed by atoms with Gasteiger partial charge in [-0.1, -0.05) is 18.6 Å². The summed E-state index contributed by atoms with van der Waals surface area (Å²) < 4.78 is 2.06. The minimum atomic E-state index is 0.852. The molecule has 2 saturated carbocycles. The van der Waals surface area contributed by atoms with Gasteiger partial charge < -0.3 is 5.32 Å². The molecule has 0 radical (unpaired) electrons. The molecule has 18 heavy (non-hydrogen) atoms.